The van der Waals surface area contributed by atoms with Crippen LogP contribution in [0.25, 0.3) is 33.4 Å². The maximum absolute atomic E-state index is 15.6. The number of fused-ring (bicyclic) bond motifs is 1. The second-order valence-corrected chi connectivity index (χ2v) is 10.7. The number of rotatable bonds is 8. The van der Waals surface area contributed by atoms with Gasteiger partial charge in [-0.1, -0.05) is 18.2 Å². The van der Waals surface area contributed by atoms with Gasteiger partial charge in [0.05, 0.1) is 12.8 Å². The van der Waals surface area contributed by atoms with Crippen LogP contribution in [0, 0.1) is 17.5 Å². The summed E-state index contributed by atoms with van der Waals surface area (Å²) < 4.78 is 81.5. The Morgan fingerprint density at radius 2 is 1.57 bits per heavy atom. The summed E-state index contributed by atoms with van der Waals surface area (Å²) in [5.74, 6) is -2.74. The first-order chi connectivity index (χ1) is 21.0. The minimum Gasteiger partial charge on any atom is -0.494 e. The third-order valence-electron chi connectivity index (χ3n) is 6.21. The molecule has 0 aliphatic heterocycles. The standard InChI is InChI=1S/C26H19F3N6O3S.C4H10O/c1-38-20-11-14(10-16-23(20)33-26(34-25(16)31)13-8-9-21(30)32-12-13)15-4-2-7-19(22(15)29)35-39(36,37)24-17(27)5-3-6-18(24)28;1-3-5-4-2/h2-12,35H,1H3,(H2,30,32)(H2,31,33,34);3-4H2,1-2H3. The predicted molar refractivity (Wildman–Crippen MR) is 163 cm³/mol. The van der Waals surface area contributed by atoms with E-state index >= 15 is 4.39 Å². The number of methoxy groups -OCH3 is 1. The Hall–Kier alpha value is -4.95. The quantitative estimate of drug-likeness (QED) is 0.194. The summed E-state index contributed by atoms with van der Waals surface area (Å²) in [5.41, 5.74) is 12.5. The van der Waals surface area contributed by atoms with Gasteiger partial charge in [-0.15, -0.1) is 0 Å². The van der Waals surface area contributed by atoms with Gasteiger partial charge in [0.15, 0.2) is 16.5 Å². The minimum absolute atomic E-state index is 0.0457. The fourth-order valence-corrected chi connectivity index (χ4v) is 5.37. The van der Waals surface area contributed by atoms with Crippen molar-refractivity contribution in [3.8, 4) is 28.3 Å². The Kier molecular flexibility index (Phi) is 9.86. The lowest BCUT2D eigenvalue weighted by Gasteiger charge is -2.15. The van der Waals surface area contributed by atoms with E-state index < -0.39 is 38.1 Å². The minimum atomic E-state index is -4.80. The number of pyridine rings is 1. The number of nitrogen functional groups attached to an aromatic ring is 2. The van der Waals surface area contributed by atoms with Gasteiger partial charge in [0.25, 0.3) is 10.0 Å². The number of ether oxygens (including phenoxy) is 2. The normalized spacial score (nSPS) is 11.1. The summed E-state index contributed by atoms with van der Waals surface area (Å²) in [7, 11) is -3.41. The van der Waals surface area contributed by atoms with Crippen molar-refractivity contribution in [1.29, 1.82) is 0 Å². The topological polar surface area (TPSA) is 155 Å². The lowest BCUT2D eigenvalue weighted by molar-refractivity contribution is 0.162. The highest BCUT2D eigenvalue weighted by Gasteiger charge is 2.26. The highest BCUT2D eigenvalue weighted by atomic mass is 32.2. The van der Waals surface area contributed by atoms with Crippen LogP contribution in [-0.2, 0) is 14.8 Å². The predicted octanol–water partition coefficient (Wildman–Crippen LogP) is 5.79. The van der Waals surface area contributed by atoms with Crippen molar-refractivity contribution < 1.29 is 31.1 Å². The fourth-order valence-electron chi connectivity index (χ4n) is 4.17. The molecule has 0 saturated carbocycles. The van der Waals surface area contributed by atoms with Gasteiger partial charge >= 0.3 is 0 Å². The van der Waals surface area contributed by atoms with Gasteiger partial charge < -0.3 is 20.9 Å². The largest absolute Gasteiger partial charge is 0.494 e. The fraction of sp³-hybridized carbons (Fsp3) is 0.167. The van der Waals surface area contributed by atoms with E-state index in [9.17, 15) is 17.2 Å². The third-order valence-corrected chi connectivity index (χ3v) is 7.63. The van der Waals surface area contributed by atoms with Gasteiger partial charge in [0.1, 0.15) is 34.5 Å². The van der Waals surface area contributed by atoms with Crippen LogP contribution in [0.5, 0.6) is 5.75 Å². The van der Waals surface area contributed by atoms with Crippen molar-refractivity contribution in [2.75, 3.05) is 36.5 Å². The van der Waals surface area contributed by atoms with Gasteiger partial charge in [-0.05, 0) is 61.9 Å². The second-order valence-electron chi connectivity index (χ2n) is 9.08. The van der Waals surface area contributed by atoms with Crippen molar-refractivity contribution >= 4 is 38.2 Å². The first kappa shape index (κ1) is 32.0. The smallest absolute Gasteiger partial charge is 0.267 e. The number of sulfonamides is 1. The van der Waals surface area contributed by atoms with E-state index in [4.69, 9.17) is 20.9 Å². The highest BCUT2D eigenvalue weighted by molar-refractivity contribution is 7.92. The summed E-state index contributed by atoms with van der Waals surface area (Å²) in [5, 5.41) is 0.343. The van der Waals surface area contributed by atoms with Crippen molar-refractivity contribution in [3.63, 3.8) is 0 Å². The molecule has 0 atom stereocenters. The number of nitrogens with zero attached hydrogens (tertiary/aromatic N) is 3. The molecule has 0 amide bonds. The number of hydrogen-bond donors (Lipinski definition) is 3. The van der Waals surface area contributed by atoms with Crippen LogP contribution in [0.1, 0.15) is 13.8 Å². The van der Waals surface area contributed by atoms with E-state index in [0.717, 1.165) is 37.5 Å². The molecule has 0 fully saturated rings. The summed E-state index contributed by atoms with van der Waals surface area (Å²) in [4.78, 5) is 11.7. The third kappa shape index (κ3) is 6.82. The van der Waals surface area contributed by atoms with Crippen LogP contribution in [0.4, 0.5) is 30.5 Å². The molecular weight excluding hydrogens is 597 g/mol. The zero-order valence-corrected chi connectivity index (χ0v) is 24.8. The molecule has 5 rings (SSSR count). The van der Waals surface area contributed by atoms with Crippen LogP contribution in [0.3, 0.4) is 0 Å². The molecule has 0 bridgehead atoms. The average Bonchev–Trinajstić information content (AvgIpc) is 2.98. The van der Waals surface area contributed by atoms with E-state index in [1.807, 2.05) is 18.6 Å². The lowest BCUT2D eigenvalue weighted by Crippen LogP contribution is -2.17. The van der Waals surface area contributed by atoms with E-state index in [1.54, 1.807) is 12.1 Å². The van der Waals surface area contributed by atoms with E-state index in [-0.39, 0.29) is 28.5 Å². The van der Waals surface area contributed by atoms with Crippen LogP contribution in [0.2, 0.25) is 0 Å². The van der Waals surface area contributed by atoms with Crippen LogP contribution in [-0.4, -0.2) is 43.7 Å². The Morgan fingerprint density at radius 3 is 2.16 bits per heavy atom. The highest BCUT2D eigenvalue weighted by Crippen LogP contribution is 2.37. The summed E-state index contributed by atoms with van der Waals surface area (Å²) in [6.07, 6.45) is 1.49. The summed E-state index contributed by atoms with van der Waals surface area (Å²) >= 11 is 0. The number of benzene rings is 3. The molecule has 44 heavy (non-hydrogen) atoms. The molecule has 0 aliphatic carbocycles. The maximum atomic E-state index is 15.6. The average molecular weight is 627 g/mol. The zero-order valence-electron chi connectivity index (χ0n) is 23.9. The van der Waals surface area contributed by atoms with Gasteiger partial charge in [0, 0.05) is 35.9 Å². The number of hydrogen-bond acceptors (Lipinski definition) is 9. The Balaban J connectivity index is 0.000000818. The molecule has 10 nitrogen and oxygen atoms in total. The first-order valence-corrected chi connectivity index (χ1v) is 14.7. The molecule has 2 heterocycles. The molecule has 0 aliphatic rings. The molecule has 2 aromatic heterocycles. The Morgan fingerprint density at radius 1 is 0.886 bits per heavy atom. The first-order valence-electron chi connectivity index (χ1n) is 13.2. The van der Waals surface area contributed by atoms with Crippen LogP contribution < -0.4 is 20.9 Å². The second kappa shape index (κ2) is 13.6. The number of nitrogens with two attached hydrogens (primary N) is 2. The molecule has 0 saturated heterocycles. The van der Waals surface area contributed by atoms with Gasteiger partial charge in [-0.3, -0.25) is 4.72 Å². The molecule has 5 N–H and O–H groups in total. The van der Waals surface area contributed by atoms with Crippen LogP contribution in [0.15, 0.2) is 71.8 Å². The van der Waals surface area contributed by atoms with Gasteiger partial charge in [-0.2, -0.15) is 0 Å². The number of anilines is 3. The SMILES string of the molecule is CCOCC.COc1cc(-c2cccc(NS(=O)(=O)c3c(F)cccc3F)c2F)cc2c(N)nc(-c3ccc(N)nc3)nc12. The van der Waals surface area contributed by atoms with Gasteiger partial charge in [-0.25, -0.2) is 36.5 Å². The van der Waals surface area contributed by atoms with Gasteiger partial charge in [0.2, 0.25) is 0 Å². The Labute approximate surface area is 251 Å². The molecule has 5 aromatic rings. The van der Waals surface area contributed by atoms with Crippen molar-refractivity contribution in [3.05, 3.63) is 84.3 Å². The zero-order chi connectivity index (χ0) is 32.0. The lowest BCUT2D eigenvalue weighted by atomic mass is 10.0. The number of nitrogens with one attached hydrogen (secondary N) is 1. The number of halogens is 3. The summed E-state index contributed by atoms with van der Waals surface area (Å²) in [6.45, 7) is 5.67. The van der Waals surface area contributed by atoms with Crippen LogP contribution >= 0.6 is 0 Å². The van der Waals surface area contributed by atoms with Crippen molar-refractivity contribution in [2.24, 2.45) is 0 Å². The number of aromatic nitrogens is 3. The molecule has 14 heteroatoms. The molecule has 0 spiro atoms. The van der Waals surface area contributed by atoms with E-state index in [1.165, 1.54) is 37.6 Å². The molecule has 0 radical (unpaired) electrons. The molecule has 3 aromatic carbocycles. The Bertz CT molecular complexity index is 1890. The molecule has 230 valence electrons. The molecular formula is C30H29F3N6O4S. The summed E-state index contributed by atoms with van der Waals surface area (Å²) in [6, 6.07) is 12.8. The van der Waals surface area contributed by atoms with Crippen molar-refractivity contribution in [1.82, 2.24) is 15.0 Å². The van der Waals surface area contributed by atoms with E-state index in [0.29, 0.717) is 22.3 Å². The monoisotopic (exact) mass is 626 g/mol. The van der Waals surface area contributed by atoms with Crippen molar-refractivity contribution in [2.45, 2.75) is 18.7 Å². The van der Waals surface area contributed by atoms with E-state index in [2.05, 4.69) is 15.0 Å². The molecule has 0 unspecified atom stereocenters. The maximum Gasteiger partial charge on any atom is 0.267 e.